The van der Waals surface area contributed by atoms with E-state index in [1.807, 2.05) is 26.2 Å². The lowest BCUT2D eigenvalue weighted by atomic mass is 10.0. The largest absolute Gasteiger partial charge is 0.336 e. The Bertz CT molecular complexity index is 702. The van der Waals surface area contributed by atoms with Gasteiger partial charge in [0, 0.05) is 43.1 Å². The van der Waals surface area contributed by atoms with E-state index in [2.05, 4.69) is 49.8 Å². The van der Waals surface area contributed by atoms with Crippen molar-refractivity contribution in [2.75, 3.05) is 13.1 Å². The van der Waals surface area contributed by atoms with Crippen molar-refractivity contribution in [2.45, 2.75) is 45.3 Å². The highest BCUT2D eigenvalue weighted by molar-refractivity contribution is 5.74. The Labute approximate surface area is 155 Å². The van der Waals surface area contributed by atoms with E-state index in [4.69, 9.17) is 0 Å². The number of likely N-dealkylation sites (tertiary alicyclic amines) is 1. The van der Waals surface area contributed by atoms with Gasteiger partial charge in [0.05, 0.1) is 0 Å². The Kier molecular flexibility index (Phi) is 6.17. The van der Waals surface area contributed by atoms with Crippen molar-refractivity contribution >= 4 is 6.03 Å². The summed E-state index contributed by atoms with van der Waals surface area (Å²) in [5.74, 6) is 0. The third-order valence-corrected chi connectivity index (χ3v) is 4.51. The number of amides is 2. The molecule has 0 aliphatic carbocycles. The average Bonchev–Trinajstić information content (AvgIpc) is 2.63. The molecule has 3 rings (SSSR count). The van der Waals surface area contributed by atoms with Gasteiger partial charge in [-0.15, -0.1) is 0 Å². The Hall–Kier alpha value is -2.47. The Balaban J connectivity index is 1.54. The predicted octanol–water partition coefficient (Wildman–Crippen LogP) is 2.82. The molecule has 1 atom stereocenters. The van der Waals surface area contributed by atoms with Crippen LogP contribution >= 0.6 is 0 Å². The number of rotatable bonds is 5. The molecule has 0 radical (unpaired) electrons. The predicted molar refractivity (Wildman–Crippen MR) is 103 cm³/mol. The highest BCUT2D eigenvalue weighted by atomic mass is 16.2. The van der Waals surface area contributed by atoms with E-state index in [0.29, 0.717) is 0 Å². The van der Waals surface area contributed by atoms with Crippen LogP contribution in [-0.4, -0.2) is 46.1 Å². The van der Waals surface area contributed by atoms with Crippen LogP contribution in [0.4, 0.5) is 4.79 Å². The summed E-state index contributed by atoms with van der Waals surface area (Å²) in [4.78, 5) is 22.5. The van der Waals surface area contributed by atoms with Gasteiger partial charge in [0.2, 0.25) is 0 Å². The standard InChI is InChI=1S/C20H27N5O/c1-15(2)23-20(26)24-19-4-3-9-25(13-19)12-16-5-7-17(8-6-16)18-10-21-14-22-11-18/h5-8,10-11,14-15,19H,3-4,9,12-13H2,1-2H3,(H2,23,24,26). The second-order valence-corrected chi connectivity index (χ2v) is 7.17. The Morgan fingerprint density at radius 1 is 1.19 bits per heavy atom. The van der Waals surface area contributed by atoms with Crippen molar-refractivity contribution in [1.82, 2.24) is 25.5 Å². The molecule has 2 amide bonds. The molecule has 0 bridgehead atoms. The van der Waals surface area contributed by atoms with Gasteiger partial charge in [0.1, 0.15) is 6.33 Å². The van der Waals surface area contributed by atoms with Crippen LogP contribution in [0.1, 0.15) is 32.3 Å². The summed E-state index contributed by atoms with van der Waals surface area (Å²) in [5.41, 5.74) is 3.42. The number of nitrogens with one attached hydrogen (secondary N) is 2. The SMILES string of the molecule is CC(C)NC(=O)NC1CCCN(Cc2ccc(-c3cncnc3)cc2)C1. The number of piperidine rings is 1. The van der Waals surface area contributed by atoms with E-state index in [1.54, 1.807) is 6.33 Å². The first-order valence-electron chi connectivity index (χ1n) is 9.24. The number of urea groups is 1. The van der Waals surface area contributed by atoms with Crippen LogP contribution in [-0.2, 0) is 6.54 Å². The second-order valence-electron chi connectivity index (χ2n) is 7.17. The number of carbonyl (C=O) groups excluding carboxylic acids is 1. The minimum atomic E-state index is -0.0683. The molecule has 1 unspecified atom stereocenters. The van der Waals surface area contributed by atoms with E-state index in [9.17, 15) is 4.79 Å². The maximum Gasteiger partial charge on any atom is 0.315 e. The van der Waals surface area contributed by atoms with Crippen molar-refractivity contribution in [3.05, 3.63) is 48.5 Å². The summed E-state index contributed by atoms with van der Waals surface area (Å²) in [6, 6.07) is 8.84. The van der Waals surface area contributed by atoms with Crippen molar-refractivity contribution in [2.24, 2.45) is 0 Å². The van der Waals surface area contributed by atoms with Gasteiger partial charge in [0.15, 0.2) is 0 Å². The second kappa shape index (κ2) is 8.76. The number of carbonyl (C=O) groups is 1. The molecule has 2 aromatic rings. The molecule has 2 heterocycles. The molecule has 0 saturated carbocycles. The fourth-order valence-corrected chi connectivity index (χ4v) is 3.32. The zero-order chi connectivity index (χ0) is 18.4. The molecule has 0 spiro atoms. The first-order valence-corrected chi connectivity index (χ1v) is 9.24. The molecule has 138 valence electrons. The molecule has 26 heavy (non-hydrogen) atoms. The summed E-state index contributed by atoms with van der Waals surface area (Å²) in [6.45, 7) is 6.80. The van der Waals surface area contributed by atoms with Gasteiger partial charge in [-0.1, -0.05) is 24.3 Å². The number of benzene rings is 1. The van der Waals surface area contributed by atoms with E-state index < -0.39 is 0 Å². The number of hydrogen-bond acceptors (Lipinski definition) is 4. The van der Waals surface area contributed by atoms with Gasteiger partial charge in [0.25, 0.3) is 0 Å². The van der Waals surface area contributed by atoms with Crippen LogP contribution in [0.2, 0.25) is 0 Å². The van der Waals surface area contributed by atoms with Crippen molar-refractivity contribution in [1.29, 1.82) is 0 Å². The molecule has 6 nitrogen and oxygen atoms in total. The van der Waals surface area contributed by atoms with Crippen molar-refractivity contribution in [3.63, 3.8) is 0 Å². The zero-order valence-corrected chi connectivity index (χ0v) is 15.5. The summed E-state index contributed by atoms with van der Waals surface area (Å²) in [6.07, 6.45) is 7.33. The van der Waals surface area contributed by atoms with Gasteiger partial charge in [-0.2, -0.15) is 0 Å². The lowest BCUT2D eigenvalue weighted by molar-refractivity contribution is 0.179. The first-order chi connectivity index (χ1) is 12.6. The summed E-state index contributed by atoms with van der Waals surface area (Å²) >= 11 is 0. The fourth-order valence-electron chi connectivity index (χ4n) is 3.32. The third-order valence-electron chi connectivity index (χ3n) is 4.51. The molecule has 1 fully saturated rings. The normalized spacial score (nSPS) is 17.9. The fraction of sp³-hybridized carbons (Fsp3) is 0.450. The quantitative estimate of drug-likeness (QED) is 0.867. The van der Waals surface area contributed by atoms with Crippen LogP contribution in [0.25, 0.3) is 11.1 Å². The first kappa shape index (κ1) is 18.3. The van der Waals surface area contributed by atoms with Crippen LogP contribution in [0, 0.1) is 0 Å². The Morgan fingerprint density at radius 2 is 1.92 bits per heavy atom. The summed E-state index contributed by atoms with van der Waals surface area (Å²) in [7, 11) is 0. The average molecular weight is 353 g/mol. The van der Waals surface area contributed by atoms with E-state index in [-0.39, 0.29) is 18.1 Å². The minimum absolute atomic E-state index is 0.0683. The van der Waals surface area contributed by atoms with Gasteiger partial charge < -0.3 is 10.6 Å². The van der Waals surface area contributed by atoms with Crippen LogP contribution in [0.5, 0.6) is 0 Å². The third kappa shape index (κ3) is 5.26. The Morgan fingerprint density at radius 3 is 2.62 bits per heavy atom. The lowest BCUT2D eigenvalue weighted by Crippen LogP contribution is -2.51. The molecule has 1 aromatic carbocycles. The van der Waals surface area contributed by atoms with Gasteiger partial charge in [-0.05, 0) is 44.4 Å². The van der Waals surface area contributed by atoms with Gasteiger partial charge in [-0.3, -0.25) is 4.90 Å². The van der Waals surface area contributed by atoms with Crippen LogP contribution in [0.15, 0.2) is 43.0 Å². The van der Waals surface area contributed by atoms with Crippen molar-refractivity contribution in [3.8, 4) is 11.1 Å². The zero-order valence-electron chi connectivity index (χ0n) is 15.5. The highest BCUT2D eigenvalue weighted by Crippen LogP contribution is 2.19. The molecule has 2 N–H and O–H groups in total. The minimum Gasteiger partial charge on any atom is -0.336 e. The maximum absolute atomic E-state index is 11.9. The topological polar surface area (TPSA) is 70.2 Å². The van der Waals surface area contributed by atoms with E-state index in [0.717, 1.165) is 43.6 Å². The van der Waals surface area contributed by atoms with Gasteiger partial charge >= 0.3 is 6.03 Å². The van der Waals surface area contributed by atoms with E-state index in [1.165, 1.54) is 5.56 Å². The molecule has 1 aliphatic heterocycles. The van der Waals surface area contributed by atoms with E-state index >= 15 is 0 Å². The molecular weight excluding hydrogens is 326 g/mol. The summed E-state index contributed by atoms with van der Waals surface area (Å²) < 4.78 is 0. The smallest absolute Gasteiger partial charge is 0.315 e. The van der Waals surface area contributed by atoms with Crippen molar-refractivity contribution < 1.29 is 4.79 Å². The monoisotopic (exact) mass is 353 g/mol. The molecule has 1 aromatic heterocycles. The maximum atomic E-state index is 11.9. The summed E-state index contributed by atoms with van der Waals surface area (Å²) in [5, 5.41) is 5.99. The molecular formula is C20H27N5O. The number of aromatic nitrogens is 2. The highest BCUT2D eigenvalue weighted by Gasteiger charge is 2.21. The molecule has 1 saturated heterocycles. The van der Waals surface area contributed by atoms with Crippen LogP contribution < -0.4 is 10.6 Å². The number of hydrogen-bond donors (Lipinski definition) is 2. The molecule has 6 heteroatoms. The number of nitrogens with zero attached hydrogens (tertiary/aromatic N) is 3. The molecule has 1 aliphatic rings. The van der Waals surface area contributed by atoms with Gasteiger partial charge in [-0.25, -0.2) is 14.8 Å². The van der Waals surface area contributed by atoms with Crippen LogP contribution in [0.3, 0.4) is 0 Å². The lowest BCUT2D eigenvalue weighted by Gasteiger charge is -2.33.